The van der Waals surface area contributed by atoms with Gasteiger partial charge in [0.05, 0.1) is 5.92 Å². The van der Waals surface area contributed by atoms with Crippen LogP contribution in [0.3, 0.4) is 0 Å². The fourth-order valence-electron chi connectivity index (χ4n) is 2.49. The minimum absolute atomic E-state index is 0.0459. The van der Waals surface area contributed by atoms with Crippen LogP contribution >= 0.6 is 0 Å². The molecule has 27 heavy (non-hydrogen) atoms. The highest BCUT2D eigenvalue weighted by Crippen LogP contribution is 2.34. The average Bonchev–Trinajstić information content (AvgIpc) is 2.60. The maximum atomic E-state index is 12.6. The smallest absolute Gasteiger partial charge is 0.387 e. The number of aliphatic carboxylic acids is 1. The molecule has 0 fully saturated rings. The number of halogens is 2. The summed E-state index contributed by atoms with van der Waals surface area (Å²) >= 11 is 0. The van der Waals surface area contributed by atoms with Gasteiger partial charge in [-0.05, 0) is 23.3 Å². The van der Waals surface area contributed by atoms with Gasteiger partial charge in [0.25, 0.3) is 0 Å². The molecule has 0 saturated heterocycles. The largest absolute Gasteiger partial charge is 0.550 e. The fraction of sp³-hybridized carbons (Fsp3) is 0.278. The summed E-state index contributed by atoms with van der Waals surface area (Å²) in [6.45, 7) is -3.70. The lowest BCUT2D eigenvalue weighted by Crippen LogP contribution is -2.27. The number of carbonyl (C=O) groups excluding carboxylic acids is 1. The van der Waals surface area contributed by atoms with Gasteiger partial charge in [-0.1, -0.05) is 36.4 Å². The SMILES string of the molecule is O=C([O-])CC(C[N+](=O)[O-])c1ccc(OC(F)F)c(OCc2ccccc2)c1. The maximum Gasteiger partial charge on any atom is 0.387 e. The van der Waals surface area contributed by atoms with Gasteiger partial charge in [-0.3, -0.25) is 10.1 Å². The number of benzene rings is 2. The minimum atomic E-state index is -3.09. The van der Waals surface area contributed by atoms with Crippen molar-refractivity contribution >= 4 is 5.97 Å². The zero-order chi connectivity index (χ0) is 19.8. The maximum absolute atomic E-state index is 12.6. The van der Waals surface area contributed by atoms with Crippen molar-refractivity contribution in [1.82, 2.24) is 0 Å². The number of rotatable bonds is 10. The van der Waals surface area contributed by atoms with E-state index in [1.165, 1.54) is 18.2 Å². The molecule has 144 valence electrons. The van der Waals surface area contributed by atoms with E-state index in [0.717, 1.165) is 5.56 Å². The summed E-state index contributed by atoms with van der Waals surface area (Å²) in [4.78, 5) is 21.0. The zero-order valence-electron chi connectivity index (χ0n) is 14.0. The number of carbonyl (C=O) groups is 1. The van der Waals surface area contributed by atoms with Crippen LogP contribution in [0.2, 0.25) is 0 Å². The molecular weight excluding hydrogens is 364 g/mol. The van der Waals surface area contributed by atoms with Crippen molar-refractivity contribution in [3.05, 3.63) is 69.8 Å². The third-order valence-corrected chi connectivity index (χ3v) is 3.67. The number of carboxylic acids is 1. The van der Waals surface area contributed by atoms with Gasteiger partial charge in [0.2, 0.25) is 6.54 Å². The van der Waals surface area contributed by atoms with Crippen molar-refractivity contribution in [3.63, 3.8) is 0 Å². The summed E-state index contributed by atoms with van der Waals surface area (Å²) in [6, 6.07) is 12.6. The minimum Gasteiger partial charge on any atom is -0.550 e. The number of alkyl halides is 2. The number of hydrogen-bond donors (Lipinski definition) is 0. The topological polar surface area (TPSA) is 102 Å². The molecule has 0 heterocycles. The molecule has 0 bridgehead atoms. The summed E-state index contributed by atoms with van der Waals surface area (Å²) in [5.41, 5.74) is 1.02. The Kier molecular flexibility index (Phi) is 7.04. The van der Waals surface area contributed by atoms with E-state index >= 15 is 0 Å². The fourth-order valence-corrected chi connectivity index (χ4v) is 2.49. The Labute approximate surface area is 153 Å². The summed E-state index contributed by atoms with van der Waals surface area (Å²) < 4.78 is 35.2. The molecule has 0 saturated carbocycles. The predicted octanol–water partition coefficient (Wildman–Crippen LogP) is 2.37. The molecular formula is C18H16F2NO6-. The predicted molar refractivity (Wildman–Crippen MR) is 88.1 cm³/mol. The molecule has 7 nitrogen and oxygen atoms in total. The summed E-state index contributed by atoms with van der Waals surface area (Å²) in [5.74, 6) is -2.77. The molecule has 0 N–H and O–H groups in total. The molecule has 0 aliphatic heterocycles. The lowest BCUT2D eigenvalue weighted by atomic mass is 9.95. The van der Waals surface area contributed by atoms with E-state index in [-0.39, 0.29) is 23.7 Å². The molecule has 1 atom stereocenters. The van der Waals surface area contributed by atoms with Gasteiger partial charge >= 0.3 is 6.61 Å². The van der Waals surface area contributed by atoms with Crippen LogP contribution in [0, 0.1) is 10.1 Å². The monoisotopic (exact) mass is 380 g/mol. The zero-order valence-corrected chi connectivity index (χ0v) is 14.0. The Bertz CT molecular complexity index is 769. The van der Waals surface area contributed by atoms with Crippen molar-refractivity contribution < 1.29 is 33.1 Å². The Morgan fingerprint density at radius 1 is 1.11 bits per heavy atom. The van der Waals surface area contributed by atoms with Crippen LogP contribution in [0.1, 0.15) is 23.5 Å². The van der Waals surface area contributed by atoms with Crippen LogP contribution in [0.15, 0.2) is 48.5 Å². The van der Waals surface area contributed by atoms with Gasteiger partial charge in [0.15, 0.2) is 11.5 Å². The van der Waals surface area contributed by atoms with Crippen LogP contribution in [0.25, 0.3) is 0 Å². The van der Waals surface area contributed by atoms with Gasteiger partial charge in [-0.2, -0.15) is 8.78 Å². The lowest BCUT2D eigenvalue weighted by Gasteiger charge is -2.18. The normalized spacial score (nSPS) is 11.8. The van der Waals surface area contributed by atoms with E-state index in [2.05, 4.69) is 4.74 Å². The third-order valence-electron chi connectivity index (χ3n) is 3.67. The van der Waals surface area contributed by atoms with Crippen molar-refractivity contribution in [1.29, 1.82) is 0 Å². The molecule has 0 aliphatic rings. The van der Waals surface area contributed by atoms with E-state index in [4.69, 9.17) is 4.74 Å². The van der Waals surface area contributed by atoms with E-state index in [1.807, 2.05) is 0 Å². The third kappa shape index (κ3) is 6.53. The summed E-state index contributed by atoms with van der Waals surface area (Å²) in [6.07, 6.45) is -0.589. The van der Waals surface area contributed by atoms with E-state index < -0.39 is 36.4 Å². The Morgan fingerprint density at radius 2 is 1.81 bits per heavy atom. The molecule has 9 heteroatoms. The molecule has 0 amide bonds. The molecule has 0 aromatic heterocycles. The number of ether oxygens (including phenoxy) is 2. The van der Waals surface area contributed by atoms with Gasteiger partial charge in [-0.15, -0.1) is 0 Å². The van der Waals surface area contributed by atoms with Crippen LogP contribution in [0.4, 0.5) is 8.78 Å². The first-order valence-electron chi connectivity index (χ1n) is 7.92. The van der Waals surface area contributed by atoms with Gasteiger partial charge in [-0.25, -0.2) is 0 Å². The van der Waals surface area contributed by atoms with Crippen molar-refractivity contribution in [3.8, 4) is 11.5 Å². The van der Waals surface area contributed by atoms with Crippen LogP contribution in [-0.4, -0.2) is 24.0 Å². The molecule has 2 rings (SSSR count). The van der Waals surface area contributed by atoms with Gasteiger partial charge < -0.3 is 19.4 Å². The Hall–Kier alpha value is -3.23. The second kappa shape index (κ2) is 9.46. The van der Waals surface area contributed by atoms with Gasteiger partial charge in [0, 0.05) is 17.3 Å². The van der Waals surface area contributed by atoms with E-state index in [0.29, 0.717) is 0 Å². The molecule has 0 aliphatic carbocycles. The quantitative estimate of drug-likeness (QED) is 0.463. The van der Waals surface area contributed by atoms with E-state index in [1.54, 1.807) is 30.3 Å². The number of carboxylic acid groups (broad SMARTS) is 1. The lowest BCUT2D eigenvalue weighted by molar-refractivity contribution is -0.483. The van der Waals surface area contributed by atoms with Crippen LogP contribution < -0.4 is 14.6 Å². The standard InChI is InChI=1S/C18H17F2NO6/c19-18(20)27-15-7-6-13(14(9-17(22)23)10-21(24)25)8-16(15)26-11-12-4-2-1-3-5-12/h1-8,14,18H,9-11H2,(H,22,23)/p-1. The Balaban J connectivity index is 2.30. The molecule has 2 aromatic rings. The van der Waals surface area contributed by atoms with Crippen molar-refractivity contribution in [2.75, 3.05) is 6.54 Å². The molecule has 1 unspecified atom stereocenters. The van der Waals surface area contributed by atoms with Crippen molar-refractivity contribution in [2.24, 2.45) is 0 Å². The first-order chi connectivity index (χ1) is 12.8. The highest BCUT2D eigenvalue weighted by molar-refractivity contribution is 5.65. The second-order valence-electron chi connectivity index (χ2n) is 5.65. The highest BCUT2D eigenvalue weighted by Gasteiger charge is 2.21. The molecule has 2 aromatic carbocycles. The first-order valence-corrected chi connectivity index (χ1v) is 7.92. The van der Waals surface area contributed by atoms with Crippen molar-refractivity contribution in [2.45, 2.75) is 25.6 Å². The number of nitrogens with zero attached hydrogens (tertiary/aromatic N) is 1. The molecule has 0 spiro atoms. The number of nitro groups is 1. The van der Waals surface area contributed by atoms with Gasteiger partial charge in [0.1, 0.15) is 6.61 Å². The summed E-state index contributed by atoms with van der Waals surface area (Å²) in [5, 5.41) is 21.7. The number of hydrogen-bond acceptors (Lipinski definition) is 6. The second-order valence-corrected chi connectivity index (χ2v) is 5.65. The first kappa shape index (κ1) is 20.1. The van der Waals surface area contributed by atoms with Crippen LogP contribution in [0.5, 0.6) is 11.5 Å². The Morgan fingerprint density at radius 3 is 2.41 bits per heavy atom. The van der Waals surface area contributed by atoms with E-state index in [9.17, 15) is 28.8 Å². The molecule has 0 radical (unpaired) electrons. The average molecular weight is 380 g/mol. The van der Waals surface area contributed by atoms with Crippen LogP contribution in [-0.2, 0) is 11.4 Å². The summed E-state index contributed by atoms with van der Waals surface area (Å²) in [7, 11) is 0. The highest BCUT2D eigenvalue weighted by atomic mass is 19.3.